The lowest BCUT2D eigenvalue weighted by atomic mass is 11.2. The van der Waals surface area contributed by atoms with Crippen molar-refractivity contribution in [2.45, 2.75) is 0 Å². The first kappa shape index (κ1) is 8.18. The molecule has 0 saturated carbocycles. The van der Waals surface area contributed by atoms with Crippen LogP contribution in [-0.4, -0.2) is 26.2 Å². The van der Waals surface area contributed by atoms with Gasteiger partial charge in [0.1, 0.15) is 0 Å². The zero-order valence-electron chi connectivity index (χ0n) is 4.45. The van der Waals surface area contributed by atoms with Crippen molar-refractivity contribution in [3.63, 3.8) is 0 Å². The third-order valence-electron chi connectivity index (χ3n) is 0.394. The van der Waals surface area contributed by atoms with Gasteiger partial charge in [-0.1, -0.05) is 0 Å². The van der Waals surface area contributed by atoms with Crippen molar-refractivity contribution in [2.75, 3.05) is 7.11 Å². The van der Waals surface area contributed by atoms with Gasteiger partial charge in [-0.15, -0.1) is 0 Å². The van der Waals surface area contributed by atoms with E-state index in [-0.39, 0.29) is 0 Å². The first-order chi connectivity index (χ1) is 3.95. The summed E-state index contributed by atoms with van der Waals surface area (Å²) in [6.45, 7) is 0. The van der Waals surface area contributed by atoms with Crippen molar-refractivity contribution in [3.8, 4) is 0 Å². The predicted octanol–water partition coefficient (Wildman–Crippen LogP) is -1.20. The average molecular weight is 154 g/mol. The van der Waals surface area contributed by atoms with Crippen molar-refractivity contribution in [3.05, 3.63) is 0 Å². The molecule has 0 aromatic carbocycles. The van der Waals surface area contributed by atoms with Crippen LogP contribution in [0.1, 0.15) is 0 Å². The largest absolute Gasteiger partial charge is 0.731 e. The number of amides is 1. The smallest absolute Gasteiger partial charge is 0.419 e. The zero-order chi connectivity index (χ0) is 7.49. The Morgan fingerprint density at radius 3 is 2.22 bits per heavy atom. The highest BCUT2D eigenvalue weighted by Gasteiger charge is 2.00. The van der Waals surface area contributed by atoms with Crippen LogP contribution in [0, 0.1) is 0 Å². The highest BCUT2D eigenvalue weighted by molar-refractivity contribution is 7.84. The molecule has 0 aromatic heterocycles. The van der Waals surface area contributed by atoms with E-state index in [1.54, 1.807) is 0 Å². The Kier molecular flexibility index (Phi) is 2.41. The first-order valence-corrected chi connectivity index (χ1v) is 3.18. The fourth-order valence-corrected chi connectivity index (χ4v) is 0.431. The van der Waals surface area contributed by atoms with Gasteiger partial charge in [-0.05, 0) is 0 Å². The van der Waals surface area contributed by atoms with E-state index < -0.39 is 16.4 Å². The molecule has 7 heteroatoms. The Bertz CT molecular complexity index is 193. The number of nitrogens with one attached hydrogen (secondary N) is 1. The van der Waals surface area contributed by atoms with E-state index in [1.165, 1.54) is 0 Å². The van der Waals surface area contributed by atoms with Gasteiger partial charge < -0.3 is 9.29 Å². The summed E-state index contributed by atoms with van der Waals surface area (Å²) < 4.78 is 33.7. The fourth-order valence-electron chi connectivity index (χ4n) is 0.144. The minimum Gasteiger partial charge on any atom is -0.731 e. The molecule has 0 aliphatic heterocycles. The maximum Gasteiger partial charge on any atom is 0.419 e. The quantitative estimate of drug-likeness (QED) is 0.478. The molecular formula is C2H4NO5S-. The van der Waals surface area contributed by atoms with Crippen LogP contribution in [0.5, 0.6) is 0 Å². The summed E-state index contributed by atoms with van der Waals surface area (Å²) in [6.07, 6.45) is -1.29. The zero-order valence-corrected chi connectivity index (χ0v) is 5.27. The highest BCUT2D eigenvalue weighted by atomic mass is 32.2. The molecule has 0 rings (SSSR count). The van der Waals surface area contributed by atoms with Crippen LogP contribution in [0.4, 0.5) is 4.79 Å². The third-order valence-corrected chi connectivity index (χ3v) is 0.810. The van der Waals surface area contributed by atoms with Crippen molar-refractivity contribution in [1.82, 2.24) is 4.72 Å². The Hall–Kier alpha value is -0.820. The third kappa shape index (κ3) is 5.04. The van der Waals surface area contributed by atoms with Crippen molar-refractivity contribution in [1.29, 1.82) is 0 Å². The molecule has 0 aliphatic rings. The van der Waals surface area contributed by atoms with Crippen molar-refractivity contribution in [2.24, 2.45) is 0 Å². The molecular weight excluding hydrogens is 150 g/mol. The summed E-state index contributed by atoms with van der Waals surface area (Å²) in [5.74, 6) is 0. The lowest BCUT2D eigenvalue weighted by molar-refractivity contribution is 0.176. The highest BCUT2D eigenvalue weighted by Crippen LogP contribution is 1.75. The molecule has 0 saturated heterocycles. The monoisotopic (exact) mass is 154 g/mol. The van der Waals surface area contributed by atoms with E-state index >= 15 is 0 Å². The van der Waals surface area contributed by atoms with Crippen LogP contribution in [0.15, 0.2) is 0 Å². The van der Waals surface area contributed by atoms with Gasteiger partial charge >= 0.3 is 6.09 Å². The lowest BCUT2D eigenvalue weighted by Gasteiger charge is -2.05. The Morgan fingerprint density at radius 1 is 1.67 bits per heavy atom. The normalized spacial score (nSPS) is 10.4. The molecule has 1 N–H and O–H groups in total. The molecule has 0 aromatic rings. The molecule has 0 radical (unpaired) electrons. The van der Waals surface area contributed by atoms with Crippen LogP contribution in [-0.2, 0) is 15.0 Å². The molecule has 0 atom stereocenters. The molecule has 6 nitrogen and oxygen atoms in total. The van der Waals surface area contributed by atoms with Gasteiger partial charge in [0.2, 0.25) is 0 Å². The standard InChI is InChI=1S/C2H5NO5S/c1-8-2(4)3-9(5,6)7/h1H3,(H,3,4)(H,5,6,7)/p-1. The topological polar surface area (TPSA) is 95.5 Å². The van der Waals surface area contributed by atoms with Gasteiger partial charge in [0, 0.05) is 0 Å². The van der Waals surface area contributed by atoms with Gasteiger partial charge in [-0.25, -0.2) is 17.9 Å². The number of carbonyl (C=O) groups excluding carboxylic acids is 1. The molecule has 0 bridgehead atoms. The number of hydrogen-bond acceptors (Lipinski definition) is 5. The van der Waals surface area contributed by atoms with Gasteiger partial charge in [-0.2, -0.15) is 0 Å². The summed E-state index contributed by atoms with van der Waals surface area (Å²) >= 11 is 0. The van der Waals surface area contributed by atoms with E-state index in [0.29, 0.717) is 0 Å². The molecule has 9 heavy (non-hydrogen) atoms. The first-order valence-electron chi connectivity index (χ1n) is 1.77. The number of ether oxygens (including phenoxy) is 1. The summed E-state index contributed by atoms with van der Waals surface area (Å²) in [7, 11) is -3.77. The van der Waals surface area contributed by atoms with Crippen molar-refractivity contribution >= 4 is 16.4 Å². The average Bonchev–Trinajstić information content (AvgIpc) is 1.62. The Balaban J connectivity index is 3.91. The van der Waals surface area contributed by atoms with Crippen LogP contribution in [0.3, 0.4) is 0 Å². The van der Waals surface area contributed by atoms with Crippen LogP contribution in [0.2, 0.25) is 0 Å². The molecule has 0 aliphatic carbocycles. The van der Waals surface area contributed by atoms with Gasteiger partial charge in [0.15, 0.2) is 10.3 Å². The lowest BCUT2D eigenvalue weighted by Crippen LogP contribution is -2.29. The Morgan fingerprint density at radius 2 is 2.11 bits per heavy atom. The minimum absolute atomic E-state index is 0.945. The predicted molar refractivity (Wildman–Crippen MR) is 25.2 cm³/mol. The van der Waals surface area contributed by atoms with Gasteiger partial charge in [-0.3, -0.25) is 0 Å². The number of rotatable bonds is 1. The second kappa shape index (κ2) is 2.65. The van der Waals surface area contributed by atoms with Gasteiger partial charge in [0.05, 0.1) is 7.11 Å². The summed E-state index contributed by atoms with van der Waals surface area (Å²) in [4.78, 5) is 9.91. The van der Waals surface area contributed by atoms with Gasteiger partial charge in [0.25, 0.3) is 0 Å². The fraction of sp³-hybridized carbons (Fsp3) is 0.500. The maximum absolute atomic E-state index is 9.91. The maximum atomic E-state index is 9.91. The van der Waals surface area contributed by atoms with E-state index in [9.17, 15) is 17.8 Å². The molecule has 54 valence electrons. The molecule has 0 heterocycles. The molecule has 0 fully saturated rings. The molecule has 1 amide bonds. The number of methoxy groups -OCH3 is 1. The second-order valence-corrected chi connectivity index (χ2v) is 2.16. The van der Waals surface area contributed by atoms with E-state index in [2.05, 4.69) is 4.74 Å². The van der Waals surface area contributed by atoms with Crippen LogP contribution < -0.4 is 4.72 Å². The number of carbonyl (C=O) groups is 1. The molecule has 0 unspecified atom stereocenters. The molecule has 0 spiro atoms. The van der Waals surface area contributed by atoms with Crippen molar-refractivity contribution < 1.29 is 22.5 Å². The van der Waals surface area contributed by atoms with Crippen LogP contribution in [0.25, 0.3) is 0 Å². The van der Waals surface area contributed by atoms with Crippen LogP contribution >= 0.6 is 0 Å². The second-order valence-electron chi connectivity index (χ2n) is 1.05. The summed E-state index contributed by atoms with van der Waals surface area (Å²) in [6, 6.07) is 0. The van der Waals surface area contributed by atoms with E-state index in [4.69, 9.17) is 0 Å². The summed E-state index contributed by atoms with van der Waals surface area (Å²) in [5, 5.41) is 0. The minimum atomic E-state index is -4.71. The number of hydrogen-bond donors (Lipinski definition) is 1. The summed E-state index contributed by atoms with van der Waals surface area (Å²) in [5.41, 5.74) is 0. The van der Waals surface area contributed by atoms with E-state index in [0.717, 1.165) is 11.8 Å². The van der Waals surface area contributed by atoms with E-state index in [1.807, 2.05) is 0 Å². The Labute approximate surface area is 51.7 Å². The SMILES string of the molecule is COC(=O)NS(=O)(=O)[O-].